The van der Waals surface area contributed by atoms with E-state index >= 15 is 0 Å². The zero-order valence-electron chi connectivity index (χ0n) is 19.8. The highest BCUT2D eigenvalue weighted by atomic mass is 16.3. The smallest absolute Gasteiger partial charge is 0.245 e. The van der Waals surface area contributed by atoms with E-state index in [1.807, 2.05) is 13.1 Å². The third-order valence-corrected chi connectivity index (χ3v) is 5.69. The van der Waals surface area contributed by atoms with Crippen LogP contribution in [0.15, 0.2) is 40.6 Å². The fourth-order valence-corrected chi connectivity index (χ4v) is 4.61. The number of aliphatic imine (C=N–C) groups is 2. The number of benzene rings is 1. The van der Waals surface area contributed by atoms with Crippen molar-refractivity contribution in [3.8, 4) is 17.0 Å². The number of aromatic nitrogens is 3. The molecule has 0 atom stereocenters. The molecule has 0 aliphatic carbocycles. The molecular weight excluding hydrogens is 402 g/mol. The third kappa shape index (κ3) is 5.37. The van der Waals surface area contributed by atoms with Crippen LogP contribution in [0, 0.1) is 0 Å². The number of hydrogen-bond donors (Lipinski definition) is 2. The lowest BCUT2D eigenvalue weighted by Crippen LogP contribution is -2.62. The number of anilines is 1. The van der Waals surface area contributed by atoms with E-state index in [9.17, 15) is 5.11 Å². The first-order valence-corrected chi connectivity index (χ1v) is 10.7. The van der Waals surface area contributed by atoms with Gasteiger partial charge in [-0.25, -0.2) is 4.98 Å². The monoisotopic (exact) mass is 435 g/mol. The Balaban J connectivity index is 1.82. The molecule has 2 aromatic rings. The highest BCUT2D eigenvalue weighted by Gasteiger charge is 2.39. The SMILES string of the molecule is C=N/C=C(\C=N/C)c1ccc(-c2cnc(N(C)C3CC(C)(C)NC(C)(C)C3)nn2)c(O)c1. The average Bonchev–Trinajstić information content (AvgIpc) is 2.71. The van der Waals surface area contributed by atoms with Gasteiger partial charge in [-0.15, -0.1) is 10.2 Å². The maximum atomic E-state index is 10.6. The molecule has 0 bridgehead atoms. The van der Waals surface area contributed by atoms with Crippen LogP contribution in [0.3, 0.4) is 0 Å². The van der Waals surface area contributed by atoms with Crippen molar-refractivity contribution < 1.29 is 5.11 Å². The topological polar surface area (TPSA) is 98.9 Å². The van der Waals surface area contributed by atoms with Gasteiger partial charge in [-0.2, -0.15) is 0 Å². The van der Waals surface area contributed by atoms with E-state index in [2.05, 4.69) is 69.8 Å². The first-order valence-electron chi connectivity index (χ1n) is 10.7. The van der Waals surface area contributed by atoms with E-state index in [1.165, 1.54) is 0 Å². The van der Waals surface area contributed by atoms with Crippen LogP contribution in [0.1, 0.15) is 46.1 Å². The van der Waals surface area contributed by atoms with E-state index in [-0.39, 0.29) is 16.8 Å². The number of hydrogen-bond acceptors (Lipinski definition) is 8. The number of aromatic hydroxyl groups is 1. The van der Waals surface area contributed by atoms with Crippen molar-refractivity contribution in [1.82, 2.24) is 20.5 Å². The van der Waals surface area contributed by atoms with Gasteiger partial charge in [-0.3, -0.25) is 9.98 Å². The van der Waals surface area contributed by atoms with Crippen molar-refractivity contribution in [1.29, 1.82) is 0 Å². The summed E-state index contributed by atoms with van der Waals surface area (Å²) in [5.74, 6) is 0.658. The van der Waals surface area contributed by atoms with Crippen molar-refractivity contribution in [2.75, 3.05) is 19.0 Å². The van der Waals surface area contributed by atoms with Gasteiger partial charge in [-0.1, -0.05) is 6.07 Å². The summed E-state index contributed by atoms with van der Waals surface area (Å²) < 4.78 is 0. The highest BCUT2D eigenvalue weighted by Crippen LogP contribution is 2.33. The number of allylic oxidation sites excluding steroid dienone is 1. The van der Waals surface area contributed by atoms with Gasteiger partial charge in [-0.05, 0) is 65.0 Å². The second-order valence-corrected chi connectivity index (χ2v) is 9.60. The lowest BCUT2D eigenvalue weighted by molar-refractivity contribution is 0.160. The van der Waals surface area contributed by atoms with Crippen LogP contribution in [0.4, 0.5) is 5.95 Å². The fraction of sp³-hybridized carbons (Fsp3) is 0.458. The van der Waals surface area contributed by atoms with Crippen molar-refractivity contribution >= 4 is 24.5 Å². The Hall–Kier alpha value is -3.13. The second kappa shape index (κ2) is 9.16. The standard InChI is InChI=1S/C24H33N7O/c1-23(2)11-18(12-24(3,4)30-23)31(7)22-27-15-20(28-29-22)19-9-8-16(10-21(19)32)17(13-25-5)14-26-6/h8-10,13-15,18,30,32H,5,11-12H2,1-4,6-7H3/b17-13+,26-14-. The normalized spacial score (nSPS) is 18.6. The Morgan fingerprint density at radius 1 is 1.22 bits per heavy atom. The molecule has 1 aliphatic heterocycles. The Labute approximate surface area is 190 Å². The average molecular weight is 436 g/mol. The lowest BCUT2D eigenvalue weighted by Gasteiger charge is -2.48. The molecular formula is C24H33N7O. The van der Waals surface area contributed by atoms with E-state index in [1.54, 1.807) is 37.8 Å². The van der Waals surface area contributed by atoms with E-state index in [0.717, 1.165) is 24.0 Å². The van der Waals surface area contributed by atoms with Crippen LogP contribution in [0.2, 0.25) is 0 Å². The minimum Gasteiger partial charge on any atom is -0.507 e. The van der Waals surface area contributed by atoms with Gasteiger partial charge in [0.15, 0.2) is 0 Å². The van der Waals surface area contributed by atoms with E-state index in [0.29, 0.717) is 23.2 Å². The van der Waals surface area contributed by atoms with E-state index in [4.69, 9.17) is 0 Å². The first-order chi connectivity index (χ1) is 15.0. The van der Waals surface area contributed by atoms with Crippen LogP contribution in [0.25, 0.3) is 16.8 Å². The molecule has 8 heteroatoms. The van der Waals surface area contributed by atoms with Crippen LogP contribution in [-0.4, -0.2) is 64.4 Å². The Bertz CT molecular complexity index is 1010. The molecule has 0 unspecified atom stereocenters. The minimum atomic E-state index is 0.0263. The highest BCUT2D eigenvalue weighted by molar-refractivity contribution is 6.10. The summed E-state index contributed by atoms with van der Waals surface area (Å²) >= 11 is 0. The number of piperidine rings is 1. The van der Waals surface area contributed by atoms with Gasteiger partial charge < -0.3 is 15.3 Å². The third-order valence-electron chi connectivity index (χ3n) is 5.69. The number of rotatable bonds is 6. The van der Waals surface area contributed by atoms with Gasteiger partial charge >= 0.3 is 0 Å². The molecule has 1 aliphatic rings. The predicted molar refractivity (Wildman–Crippen MR) is 132 cm³/mol. The van der Waals surface area contributed by atoms with Gasteiger partial charge in [0.2, 0.25) is 5.95 Å². The molecule has 2 heterocycles. The summed E-state index contributed by atoms with van der Waals surface area (Å²) in [7, 11) is 3.69. The number of phenolic OH excluding ortho intramolecular Hbond substituents is 1. The number of nitrogens with zero attached hydrogens (tertiary/aromatic N) is 6. The van der Waals surface area contributed by atoms with Crippen LogP contribution >= 0.6 is 0 Å². The molecule has 0 radical (unpaired) electrons. The zero-order chi connectivity index (χ0) is 23.5. The summed E-state index contributed by atoms with van der Waals surface area (Å²) in [4.78, 5) is 14.5. The van der Waals surface area contributed by atoms with Gasteiger partial charge in [0, 0.05) is 54.8 Å². The van der Waals surface area contributed by atoms with E-state index < -0.39 is 0 Å². The molecule has 32 heavy (non-hydrogen) atoms. The van der Waals surface area contributed by atoms with Crippen molar-refractivity contribution in [3.05, 3.63) is 36.2 Å². The summed E-state index contributed by atoms with van der Waals surface area (Å²) in [5, 5.41) is 23.0. The number of phenols is 1. The molecule has 1 aromatic heterocycles. The van der Waals surface area contributed by atoms with Crippen molar-refractivity contribution in [3.63, 3.8) is 0 Å². The molecule has 2 N–H and O–H groups in total. The van der Waals surface area contributed by atoms with Crippen LogP contribution < -0.4 is 10.2 Å². The molecule has 1 aromatic carbocycles. The molecule has 1 saturated heterocycles. The second-order valence-electron chi connectivity index (χ2n) is 9.60. The minimum absolute atomic E-state index is 0.0263. The summed E-state index contributed by atoms with van der Waals surface area (Å²) in [6, 6.07) is 5.60. The predicted octanol–water partition coefficient (Wildman–Crippen LogP) is 3.73. The molecule has 170 valence electrons. The summed E-state index contributed by atoms with van der Waals surface area (Å²) in [6.07, 6.45) is 6.88. The van der Waals surface area contributed by atoms with Crippen molar-refractivity contribution in [2.45, 2.75) is 57.7 Å². The molecule has 3 rings (SSSR count). The molecule has 0 spiro atoms. The van der Waals surface area contributed by atoms with Crippen molar-refractivity contribution in [2.24, 2.45) is 9.98 Å². The largest absolute Gasteiger partial charge is 0.507 e. The summed E-state index contributed by atoms with van der Waals surface area (Å²) in [6.45, 7) is 12.4. The van der Waals surface area contributed by atoms with Gasteiger partial charge in [0.1, 0.15) is 11.4 Å². The zero-order valence-corrected chi connectivity index (χ0v) is 19.8. The molecule has 0 amide bonds. The van der Waals surface area contributed by atoms with Crippen LogP contribution in [0.5, 0.6) is 5.75 Å². The van der Waals surface area contributed by atoms with Gasteiger partial charge in [0.05, 0.1) is 6.20 Å². The Kier molecular flexibility index (Phi) is 6.74. The maximum absolute atomic E-state index is 10.6. The maximum Gasteiger partial charge on any atom is 0.245 e. The lowest BCUT2D eigenvalue weighted by atomic mass is 9.79. The molecule has 0 saturated carbocycles. The number of nitrogens with one attached hydrogen (secondary N) is 1. The molecule has 8 nitrogen and oxygen atoms in total. The fourth-order valence-electron chi connectivity index (χ4n) is 4.61. The Morgan fingerprint density at radius 2 is 1.91 bits per heavy atom. The first kappa shape index (κ1) is 23.5. The Morgan fingerprint density at radius 3 is 2.44 bits per heavy atom. The quantitative estimate of drug-likeness (QED) is 0.671. The summed E-state index contributed by atoms with van der Waals surface area (Å²) in [5.41, 5.74) is 2.65. The van der Waals surface area contributed by atoms with Crippen LogP contribution in [-0.2, 0) is 0 Å². The van der Waals surface area contributed by atoms with Gasteiger partial charge in [0.25, 0.3) is 0 Å². The molecule has 1 fully saturated rings.